The molecule has 10 heteroatoms. The summed E-state index contributed by atoms with van der Waals surface area (Å²) >= 11 is 0. The van der Waals surface area contributed by atoms with E-state index >= 15 is 0 Å². The predicted molar refractivity (Wildman–Crippen MR) is 135 cm³/mol. The molecule has 10 nitrogen and oxygen atoms in total. The first-order chi connectivity index (χ1) is 18.5. The number of carbonyl (C=O) groups excluding carboxylic acids is 4. The second kappa shape index (κ2) is 10.4. The summed E-state index contributed by atoms with van der Waals surface area (Å²) in [5.41, 5.74) is -1.97. The Morgan fingerprint density at radius 3 is 2.36 bits per heavy atom. The van der Waals surface area contributed by atoms with E-state index in [1.54, 1.807) is 6.92 Å². The highest BCUT2D eigenvalue weighted by atomic mass is 16.6. The van der Waals surface area contributed by atoms with Crippen LogP contribution >= 0.6 is 0 Å². The number of epoxide rings is 1. The molecule has 3 aliphatic heterocycles. The van der Waals surface area contributed by atoms with Crippen LogP contribution in [0.2, 0.25) is 0 Å². The van der Waals surface area contributed by atoms with Crippen molar-refractivity contribution in [3.8, 4) is 0 Å². The molecule has 2 saturated carbocycles. The maximum absolute atomic E-state index is 13.5. The monoisotopic (exact) mass is 546 g/mol. The summed E-state index contributed by atoms with van der Waals surface area (Å²) < 4.78 is 35.5. The molecule has 5 rings (SSSR count). The average Bonchev–Trinajstić information content (AvgIpc) is 3.66. The fraction of sp³-hybridized carbons (Fsp3) is 0.724. The number of allylic oxidation sites excluding steroid dienone is 2. The molecule has 2 spiro atoms. The molecule has 3 unspecified atom stereocenters. The molecule has 5 aliphatic rings. The third-order valence-electron chi connectivity index (χ3n) is 9.77. The predicted octanol–water partition coefficient (Wildman–Crippen LogP) is 2.82. The average molecular weight is 547 g/mol. The van der Waals surface area contributed by atoms with Crippen LogP contribution in [0.5, 0.6) is 0 Å². The van der Waals surface area contributed by atoms with Gasteiger partial charge in [0, 0.05) is 42.2 Å². The molecule has 0 aromatic carbocycles. The SMILES string of the molecule is CC(=O)OC1C(=O)OC[C@]23CC[C@H](C)C[C@H]2O[C@@H]2C[C@@H](OC(=O)/C=C\C=CC(=O)OCCC1C)[C@@]3(C)C21CO1. The van der Waals surface area contributed by atoms with E-state index in [2.05, 4.69) is 13.8 Å². The Labute approximate surface area is 228 Å². The summed E-state index contributed by atoms with van der Waals surface area (Å²) in [6.45, 7) is 7.77. The van der Waals surface area contributed by atoms with Crippen LogP contribution in [0, 0.1) is 22.7 Å². The van der Waals surface area contributed by atoms with Gasteiger partial charge in [0.15, 0.2) is 0 Å². The van der Waals surface area contributed by atoms with Crippen molar-refractivity contribution in [1.29, 1.82) is 0 Å². The smallest absolute Gasteiger partial charge is 0.347 e. The zero-order valence-corrected chi connectivity index (χ0v) is 23.0. The van der Waals surface area contributed by atoms with Crippen molar-refractivity contribution in [1.82, 2.24) is 0 Å². The number of esters is 4. The molecule has 0 aromatic heterocycles. The van der Waals surface area contributed by atoms with Crippen molar-refractivity contribution in [2.24, 2.45) is 22.7 Å². The quantitative estimate of drug-likeness (QED) is 0.275. The number of rotatable bonds is 1. The minimum Gasteiger partial charge on any atom is -0.463 e. The van der Waals surface area contributed by atoms with Crippen LogP contribution in [0.4, 0.5) is 0 Å². The molecule has 2 aliphatic carbocycles. The van der Waals surface area contributed by atoms with Crippen molar-refractivity contribution in [2.45, 2.75) is 89.8 Å². The molecular formula is C29H38O10. The fourth-order valence-electron chi connectivity index (χ4n) is 7.38. The normalized spacial score (nSPS) is 45.2. The Bertz CT molecular complexity index is 1080. The summed E-state index contributed by atoms with van der Waals surface area (Å²) in [4.78, 5) is 50.3. The van der Waals surface area contributed by atoms with E-state index in [-0.39, 0.29) is 31.8 Å². The van der Waals surface area contributed by atoms with E-state index in [1.807, 2.05) is 0 Å². The summed E-state index contributed by atoms with van der Waals surface area (Å²) in [5, 5.41) is 0. The van der Waals surface area contributed by atoms with Gasteiger partial charge in [-0.25, -0.2) is 14.4 Å². The van der Waals surface area contributed by atoms with E-state index in [4.69, 9.17) is 28.4 Å². The highest BCUT2D eigenvalue weighted by Gasteiger charge is 2.83. The summed E-state index contributed by atoms with van der Waals surface area (Å²) in [7, 11) is 0. The third-order valence-corrected chi connectivity index (χ3v) is 9.77. The van der Waals surface area contributed by atoms with Gasteiger partial charge < -0.3 is 28.4 Å². The lowest BCUT2D eigenvalue weighted by molar-refractivity contribution is -0.257. The van der Waals surface area contributed by atoms with Gasteiger partial charge in [-0.2, -0.15) is 0 Å². The van der Waals surface area contributed by atoms with Gasteiger partial charge in [0.05, 0.1) is 25.4 Å². The summed E-state index contributed by atoms with van der Waals surface area (Å²) in [6.07, 6.45) is 6.34. The molecule has 2 bridgehead atoms. The standard InChI is InChI=1S/C29H38O10/c1-17-9-11-28-15-35-26(33)25(37-19(3)30)18(2)10-12-34-23(31)7-5-6-8-24(32)39-20-14-22(38-21(28)13-17)29(16-36-29)27(20,28)4/h5-8,17-18,20-22,25H,9-16H2,1-4H3/b7-5?,8-6-/t17-,18?,20+,21+,22+,25?,27+,28+,29?/m0/s1. The van der Waals surface area contributed by atoms with Gasteiger partial charge >= 0.3 is 23.9 Å². The third kappa shape index (κ3) is 4.69. The number of hydrogen-bond acceptors (Lipinski definition) is 10. The second-order valence-corrected chi connectivity index (χ2v) is 12.0. The lowest BCUT2D eigenvalue weighted by Crippen LogP contribution is -2.68. The molecule has 0 radical (unpaired) electrons. The highest BCUT2D eigenvalue weighted by Crippen LogP contribution is 2.72. The molecule has 9 atom stereocenters. The molecule has 0 N–H and O–H groups in total. The van der Waals surface area contributed by atoms with Gasteiger partial charge in [-0.15, -0.1) is 0 Å². The molecule has 4 fully saturated rings. The van der Waals surface area contributed by atoms with Crippen LogP contribution in [0.15, 0.2) is 24.3 Å². The van der Waals surface area contributed by atoms with Crippen LogP contribution < -0.4 is 0 Å². The molecule has 214 valence electrons. The fourth-order valence-corrected chi connectivity index (χ4v) is 7.38. The first kappa shape index (κ1) is 27.8. The highest BCUT2D eigenvalue weighted by molar-refractivity contribution is 5.84. The number of hydrogen-bond donors (Lipinski definition) is 0. The van der Waals surface area contributed by atoms with Crippen LogP contribution in [-0.2, 0) is 47.6 Å². The van der Waals surface area contributed by atoms with Gasteiger partial charge in [-0.05, 0) is 31.6 Å². The Morgan fingerprint density at radius 1 is 0.949 bits per heavy atom. The number of ether oxygens (including phenoxy) is 6. The number of carbonyl (C=O) groups is 4. The Hall–Kier alpha value is -2.72. The van der Waals surface area contributed by atoms with Crippen LogP contribution in [0.3, 0.4) is 0 Å². The molecular weight excluding hydrogens is 508 g/mol. The zero-order valence-electron chi connectivity index (χ0n) is 23.0. The van der Waals surface area contributed by atoms with Crippen LogP contribution in [0.1, 0.15) is 59.8 Å². The van der Waals surface area contributed by atoms with Crippen LogP contribution in [0.25, 0.3) is 0 Å². The lowest BCUT2D eigenvalue weighted by atomic mass is 9.50. The minimum atomic E-state index is -1.16. The van der Waals surface area contributed by atoms with Gasteiger partial charge in [0.2, 0.25) is 6.10 Å². The molecule has 2 saturated heterocycles. The van der Waals surface area contributed by atoms with Crippen molar-refractivity contribution in [2.75, 3.05) is 19.8 Å². The largest absolute Gasteiger partial charge is 0.463 e. The Balaban J connectivity index is 1.52. The van der Waals surface area contributed by atoms with Crippen molar-refractivity contribution in [3.63, 3.8) is 0 Å². The van der Waals surface area contributed by atoms with Crippen molar-refractivity contribution in [3.05, 3.63) is 24.3 Å². The van der Waals surface area contributed by atoms with E-state index in [1.165, 1.54) is 31.2 Å². The van der Waals surface area contributed by atoms with Gasteiger partial charge in [0.1, 0.15) is 18.3 Å². The molecule has 3 heterocycles. The first-order valence-electron chi connectivity index (χ1n) is 13.9. The van der Waals surface area contributed by atoms with E-state index in [0.29, 0.717) is 25.4 Å². The maximum Gasteiger partial charge on any atom is 0.347 e. The zero-order chi connectivity index (χ0) is 28.0. The van der Waals surface area contributed by atoms with E-state index in [9.17, 15) is 19.2 Å². The van der Waals surface area contributed by atoms with Crippen molar-refractivity contribution < 1.29 is 47.6 Å². The van der Waals surface area contributed by atoms with E-state index in [0.717, 1.165) is 12.8 Å². The first-order valence-corrected chi connectivity index (χ1v) is 13.9. The Morgan fingerprint density at radius 2 is 1.67 bits per heavy atom. The Kier molecular flexibility index (Phi) is 7.39. The maximum atomic E-state index is 13.5. The van der Waals surface area contributed by atoms with Gasteiger partial charge in [-0.3, -0.25) is 4.79 Å². The minimum absolute atomic E-state index is 0.0138. The molecule has 39 heavy (non-hydrogen) atoms. The molecule has 0 aromatic rings. The van der Waals surface area contributed by atoms with Crippen LogP contribution in [-0.4, -0.2) is 73.7 Å². The summed E-state index contributed by atoms with van der Waals surface area (Å²) in [6, 6.07) is 0. The lowest BCUT2D eigenvalue weighted by Gasteiger charge is -2.60. The van der Waals surface area contributed by atoms with Gasteiger partial charge in [-0.1, -0.05) is 32.9 Å². The summed E-state index contributed by atoms with van der Waals surface area (Å²) in [5.74, 6) is -2.45. The number of cyclic esters (lactones) is 2. The second-order valence-electron chi connectivity index (χ2n) is 12.0. The topological polar surface area (TPSA) is 127 Å². The van der Waals surface area contributed by atoms with Gasteiger partial charge in [0.25, 0.3) is 0 Å². The van der Waals surface area contributed by atoms with Crippen molar-refractivity contribution >= 4 is 23.9 Å². The van der Waals surface area contributed by atoms with E-state index < -0.39 is 58.4 Å². The molecule has 0 amide bonds.